The Morgan fingerprint density at radius 1 is 1.11 bits per heavy atom. The van der Waals surface area contributed by atoms with E-state index in [4.69, 9.17) is 21.1 Å². The molecule has 0 aliphatic carbocycles. The van der Waals surface area contributed by atoms with Gasteiger partial charge in [-0.2, -0.15) is 0 Å². The number of fused-ring (bicyclic) bond motifs is 1. The lowest BCUT2D eigenvalue weighted by Crippen LogP contribution is -2.34. The van der Waals surface area contributed by atoms with Gasteiger partial charge in [-0.25, -0.2) is 0 Å². The predicted octanol–water partition coefficient (Wildman–Crippen LogP) is 3.17. The van der Waals surface area contributed by atoms with E-state index in [9.17, 15) is 9.59 Å². The van der Waals surface area contributed by atoms with Crippen LogP contribution in [0.4, 0.5) is 5.69 Å². The van der Waals surface area contributed by atoms with Crippen molar-refractivity contribution in [2.45, 2.75) is 19.8 Å². The summed E-state index contributed by atoms with van der Waals surface area (Å²) in [7, 11) is 0. The Kier molecular flexibility index (Phi) is 6.19. The van der Waals surface area contributed by atoms with Gasteiger partial charge in [0, 0.05) is 43.2 Å². The molecule has 1 aliphatic heterocycles. The van der Waals surface area contributed by atoms with Crippen LogP contribution >= 0.6 is 11.6 Å². The molecule has 0 saturated carbocycles. The summed E-state index contributed by atoms with van der Waals surface area (Å²) in [5, 5.41) is 3.57. The number of nitrogens with zero attached hydrogens (tertiary/aromatic N) is 1. The van der Waals surface area contributed by atoms with E-state index in [1.807, 2.05) is 24.3 Å². The van der Waals surface area contributed by atoms with Crippen molar-refractivity contribution in [1.29, 1.82) is 0 Å². The molecule has 0 saturated heterocycles. The molecule has 0 spiro atoms. The summed E-state index contributed by atoms with van der Waals surface area (Å²) in [6.45, 7) is 2.48. The summed E-state index contributed by atoms with van der Waals surface area (Å²) < 4.78 is 10.6. The van der Waals surface area contributed by atoms with E-state index in [1.165, 1.54) is 6.92 Å². The number of rotatable bonds is 7. The van der Waals surface area contributed by atoms with Gasteiger partial charge in [-0.1, -0.05) is 23.7 Å². The van der Waals surface area contributed by atoms with Gasteiger partial charge in [0.05, 0.1) is 0 Å². The van der Waals surface area contributed by atoms with Gasteiger partial charge >= 0.3 is 0 Å². The molecule has 2 aromatic rings. The maximum absolute atomic E-state index is 12.1. The standard InChI is InChI=1S/C20H21ClN2O4/c1-14(24)23(17-6-7-18-19(12-17)27-13-26-18)11-9-20(25)22-10-8-15-2-4-16(21)5-3-15/h2-7,12H,8-11,13H2,1H3,(H,22,25). The van der Waals surface area contributed by atoms with Crippen LogP contribution in [0.3, 0.4) is 0 Å². The highest BCUT2D eigenvalue weighted by molar-refractivity contribution is 6.30. The van der Waals surface area contributed by atoms with Gasteiger partial charge < -0.3 is 19.7 Å². The van der Waals surface area contributed by atoms with Gasteiger partial charge in [-0.3, -0.25) is 9.59 Å². The number of nitrogens with one attached hydrogen (secondary N) is 1. The summed E-state index contributed by atoms with van der Waals surface area (Å²) >= 11 is 5.86. The van der Waals surface area contributed by atoms with Crippen LogP contribution in [0.2, 0.25) is 5.02 Å². The number of anilines is 1. The molecule has 142 valence electrons. The third kappa shape index (κ3) is 5.14. The first-order chi connectivity index (χ1) is 13.0. The largest absolute Gasteiger partial charge is 0.454 e. The lowest BCUT2D eigenvalue weighted by atomic mass is 10.1. The molecule has 1 heterocycles. The van der Waals surface area contributed by atoms with Crippen molar-refractivity contribution in [3.05, 3.63) is 53.1 Å². The van der Waals surface area contributed by atoms with Crippen molar-refractivity contribution in [3.8, 4) is 11.5 Å². The summed E-state index contributed by atoms with van der Waals surface area (Å²) in [6, 6.07) is 12.8. The first kappa shape index (κ1) is 19.0. The van der Waals surface area contributed by atoms with E-state index in [-0.39, 0.29) is 25.0 Å². The lowest BCUT2D eigenvalue weighted by Gasteiger charge is -2.21. The van der Waals surface area contributed by atoms with E-state index in [2.05, 4.69) is 5.32 Å². The molecule has 0 unspecified atom stereocenters. The molecule has 6 nitrogen and oxygen atoms in total. The number of carbonyl (C=O) groups excluding carboxylic acids is 2. The molecule has 27 heavy (non-hydrogen) atoms. The highest BCUT2D eigenvalue weighted by Gasteiger charge is 2.18. The normalized spacial score (nSPS) is 11.9. The Morgan fingerprint density at radius 3 is 2.59 bits per heavy atom. The van der Waals surface area contributed by atoms with Gasteiger partial charge in [0.15, 0.2) is 11.5 Å². The average Bonchev–Trinajstić information content (AvgIpc) is 3.11. The molecule has 0 atom stereocenters. The monoisotopic (exact) mass is 388 g/mol. The quantitative estimate of drug-likeness (QED) is 0.791. The summed E-state index contributed by atoms with van der Waals surface area (Å²) in [5.41, 5.74) is 1.78. The Morgan fingerprint density at radius 2 is 1.85 bits per heavy atom. The van der Waals surface area contributed by atoms with Gasteiger partial charge in [0.2, 0.25) is 18.6 Å². The van der Waals surface area contributed by atoms with Crippen LogP contribution in [-0.4, -0.2) is 31.7 Å². The van der Waals surface area contributed by atoms with Crippen LogP contribution in [0, 0.1) is 0 Å². The van der Waals surface area contributed by atoms with Crippen molar-refractivity contribution in [2.75, 3.05) is 24.8 Å². The minimum atomic E-state index is -0.136. The molecule has 3 rings (SSSR count). The molecule has 0 bridgehead atoms. The average molecular weight is 389 g/mol. The molecule has 2 aromatic carbocycles. The van der Waals surface area contributed by atoms with Crippen LogP contribution < -0.4 is 19.7 Å². The number of hydrogen-bond donors (Lipinski definition) is 1. The second-order valence-electron chi connectivity index (χ2n) is 6.18. The fourth-order valence-electron chi connectivity index (χ4n) is 2.82. The van der Waals surface area contributed by atoms with Crippen LogP contribution in [-0.2, 0) is 16.0 Å². The van der Waals surface area contributed by atoms with E-state index in [0.29, 0.717) is 35.3 Å². The maximum atomic E-state index is 12.1. The first-order valence-corrected chi connectivity index (χ1v) is 9.09. The third-order valence-corrected chi connectivity index (χ3v) is 4.51. The van der Waals surface area contributed by atoms with E-state index >= 15 is 0 Å². The fraction of sp³-hybridized carbons (Fsp3) is 0.300. The van der Waals surface area contributed by atoms with Gasteiger partial charge in [-0.05, 0) is 36.2 Å². The second-order valence-corrected chi connectivity index (χ2v) is 6.62. The fourth-order valence-corrected chi connectivity index (χ4v) is 2.95. The number of amides is 2. The van der Waals surface area contributed by atoms with Crippen LogP contribution in [0.5, 0.6) is 11.5 Å². The minimum absolute atomic E-state index is 0.101. The van der Waals surface area contributed by atoms with Crippen molar-refractivity contribution >= 4 is 29.1 Å². The highest BCUT2D eigenvalue weighted by atomic mass is 35.5. The zero-order valence-corrected chi connectivity index (χ0v) is 15.8. The number of hydrogen-bond acceptors (Lipinski definition) is 4. The Bertz CT molecular complexity index is 823. The molecule has 0 radical (unpaired) electrons. The van der Waals surface area contributed by atoms with Crippen LogP contribution in [0.15, 0.2) is 42.5 Å². The topological polar surface area (TPSA) is 67.9 Å². The Hall–Kier alpha value is -2.73. The number of carbonyl (C=O) groups is 2. The Labute approximate surface area is 163 Å². The first-order valence-electron chi connectivity index (χ1n) is 8.72. The molecule has 0 aromatic heterocycles. The maximum Gasteiger partial charge on any atom is 0.231 e. The van der Waals surface area contributed by atoms with Crippen molar-refractivity contribution < 1.29 is 19.1 Å². The number of benzene rings is 2. The summed E-state index contributed by atoms with van der Waals surface area (Å²) in [5.74, 6) is 1.02. The molecular formula is C20H21ClN2O4. The molecular weight excluding hydrogens is 368 g/mol. The second kappa shape index (κ2) is 8.77. The van der Waals surface area contributed by atoms with Crippen molar-refractivity contribution in [2.24, 2.45) is 0 Å². The van der Waals surface area contributed by atoms with Gasteiger partial charge in [0.1, 0.15) is 0 Å². The van der Waals surface area contributed by atoms with E-state index < -0.39 is 0 Å². The number of halogens is 1. The summed E-state index contributed by atoms with van der Waals surface area (Å²) in [4.78, 5) is 25.7. The van der Waals surface area contributed by atoms with E-state index in [1.54, 1.807) is 23.1 Å². The smallest absolute Gasteiger partial charge is 0.231 e. The third-order valence-electron chi connectivity index (χ3n) is 4.26. The Balaban J connectivity index is 1.49. The molecule has 0 fully saturated rings. The molecule has 1 N–H and O–H groups in total. The molecule has 2 amide bonds. The zero-order chi connectivity index (χ0) is 19.2. The van der Waals surface area contributed by atoms with Crippen molar-refractivity contribution in [1.82, 2.24) is 5.32 Å². The lowest BCUT2D eigenvalue weighted by molar-refractivity contribution is -0.121. The van der Waals surface area contributed by atoms with E-state index in [0.717, 1.165) is 12.0 Å². The predicted molar refractivity (Wildman–Crippen MR) is 103 cm³/mol. The van der Waals surface area contributed by atoms with Gasteiger partial charge in [0.25, 0.3) is 0 Å². The summed E-state index contributed by atoms with van der Waals surface area (Å²) in [6.07, 6.45) is 0.941. The number of ether oxygens (including phenoxy) is 2. The SMILES string of the molecule is CC(=O)N(CCC(=O)NCCc1ccc(Cl)cc1)c1ccc2c(c1)OCO2. The minimum Gasteiger partial charge on any atom is -0.454 e. The van der Waals surface area contributed by atoms with Gasteiger partial charge in [-0.15, -0.1) is 0 Å². The van der Waals surface area contributed by atoms with Crippen LogP contribution in [0.25, 0.3) is 0 Å². The molecule has 1 aliphatic rings. The molecule has 7 heteroatoms. The highest BCUT2D eigenvalue weighted by Crippen LogP contribution is 2.35. The van der Waals surface area contributed by atoms with Crippen molar-refractivity contribution in [3.63, 3.8) is 0 Å². The van der Waals surface area contributed by atoms with Crippen LogP contribution in [0.1, 0.15) is 18.9 Å². The zero-order valence-electron chi connectivity index (χ0n) is 15.0.